The zero-order valence-electron chi connectivity index (χ0n) is 13.0. The lowest BCUT2D eigenvalue weighted by molar-refractivity contribution is 0.173. The van der Waals surface area contributed by atoms with Crippen LogP contribution < -0.4 is 0 Å². The molecule has 0 aliphatic heterocycles. The van der Waals surface area contributed by atoms with Crippen LogP contribution in [-0.2, 0) is 17.9 Å². The van der Waals surface area contributed by atoms with Crippen molar-refractivity contribution < 1.29 is 9.84 Å². The number of benzene rings is 2. The summed E-state index contributed by atoms with van der Waals surface area (Å²) in [5.74, 6) is 1.08. The topological polar surface area (TPSA) is 60.2 Å². The Kier molecular flexibility index (Phi) is 4.80. The maximum Gasteiger partial charge on any atom is 0.184 e. The largest absolute Gasteiger partial charge is 0.380 e. The van der Waals surface area contributed by atoms with Crippen molar-refractivity contribution in [2.24, 2.45) is 0 Å². The Bertz CT molecular complexity index is 741. The van der Waals surface area contributed by atoms with Gasteiger partial charge in [0, 0.05) is 7.11 Å². The third-order valence-electron chi connectivity index (χ3n) is 3.57. The van der Waals surface area contributed by atoms with Crippen molar-refractivity contribution in [3.63, 3.8) is 0 Å². The molecule has 0 unspecified atom stereocenters. The van der Waals surface area contributed by atoms with Crippen LogP contribution in [0.25, 0.3) is 0 Å². The van der Waals surface area contributed by atoms with Crippen molar-refractivity contribution >= 4 is 0 Å². The molecule has 1 heterocycles. The number of nitrogens with zero attached hydrogens (tertiary/aromatic N) is 3. The summed E-state index contributed by atoms with van der Waals surface area (Å²) in [6, 6.07) is 19.4. The summed E-state index contributed by atoms with van der Waals surface area (Å²) in [7, 11) is 1.62. The van der Waals surface area contributed by atoms with E-state index >= 15 is 0 Å². The third kappa shape index (κ3) is 3.64. The number of methoxy groups -OCH3 is 1. The molecule has 0 radical (unpaired) electrons. The molecule has 3 aromatic rings. The first-order valence-electron chi connectivity index (χ1n) is 7.47. The Morgan fingerprint density at radius 1 is 1.04 bits per heavy atom. The lowest BCUT2D eigenvalue weighted by Gasteiger charge is -2.06. The number of hydrogen-bond acceptors (Lipinski definition) is 4. The Hall–Kier alpha value is -2.50. The molecule has 118 valence electrons. The molecule has 0 saturated heterocycles. The van der Waals surface area contributed by atoms with E-state index in [0.717, 1.165) is 11.1 Å². The molecule has 23 heavy (non-hydrogen) atoms. The SMILES string of the molecule is COCc1nc([C@@H](O)c2ccccc2)nn1Cc1ccccc1. The fourth-order valence-electron chi connectivity index (χ4n) is 2.41. The van der Waals surface area contributed by atoms with Crippen molar-refractivity contribution in [1.82, 2.24) is 14.8 Å². The monoisotopic (exact) mass is 309 g/mol. The first-order chi connectivity index (χ1) is 11.3. The number of hydrogen-bond donors (Lipinski definition) is 1. The molecule has 0 aliphatic carbocycles. The van der Waals surface area contributed by atoms with Crippen LogP contribution >= 0.6 is 0 Å². The quantitative estimate of drug-likeness (QED) is 0.760. The van der Waals surface area contributed by atoms with E-state index in [-0.39, 0.29) is 0 Å². The van der Waals surface area contributed by atoms with Gasteiger partial charge in [0.15, 0.2) is 11.6 Å². The molecule has 3 rings (SSSR count). The van der Waals surface area contributed by atoms with E-state index in [1.165, 1.54) is 0 Å². The molecule has 2 aromatic carbocycles. The van der Waals surface area contributed by atoms with Gasteiger partial charge >= 0.3 is 0 Å². The fraction of sp³-hybridized carbons (Fsp3) is 0.222. The van der Waals surface area contributed by atoms with Crippen LogP contribution in [0.2, 0.25) is 0 Å². The third-order valence-corrected chi connectivity index (χ3v) is 3.57. The van der Waals surface area contributed by atoms with Crippen molar-refractivity contribution in [3.8, 4) is 0 Å². The van der Waals surface area contributed by atoms with Gasteiger partial charge in [0.1, 0.15) is 12.7 Å². The van der Waals surface area contributed by atoms with Gasteiger partial charge in [0.05, 0.1) is 6.54 Å². The zero-order valence-corrected chi connectivity index (χ0v) is 13.0. The summed E-state index contributed by atoms with van der Waals surface area (Å²) in [5.41, 5.74) is 1.89. The number of rotatable bonds is 6. The maximum absolute atomic E-state index is 10.5. The van der Waals surface area contributed by atoms with Gasteiger partial charge in [-0.1, -0.05) is 60.7 Å². The smallest absolute Gasteiger partial charge is 0.184 e. The zero-order chi connectivity index (χ0) is 16.1. The fourth-order valence-corrected chi connectivity index (χ4v) is 2.41. The summed E-state index contributed by atoms with van der Waals surface area (Å²) in [6.07, 6.45) is -0.844. The predicted molar refractivity (Wildman–Crippen MR) is 86.8 cm³/mol. The van der Waals surface area contributed by atoms with E-state index in [1.54, 1.807) is 11.8 Å². The lowest BCUT2D eigenvalue weighted by Crippen LogP contribution is -2.08. The highest BCUT2D eigenvalue weighted by Gasteiger charge is 2.18. The second kappa shape index (κ2) is 7.17. The molecule has 0 amide bonds. The van der Waals surface area contributed by atoms with E-state index in [4.69, 9.17) is 4.74 Å². The predicted octanol–water partition coefficient (Wildman–Crippen LogP) is 2.55. The van der Waals surface area contributed by atoms with Crippen molar-refractivity contribution in [2.45, 2.75) is 19.3 Å². The van der Waals surface area contributed by atoms with Crippen LogP contribution in [0.1, 0.15) is 28.9 Å². The number of aromatic nitrogens is 3. The molecule has 0 spiro atoms. The van der Waals surface area contributed by atoms with Crippen LogP contribution in [0, 0.1) is 0 Å². The first-order valence-corrected chi connectivity index (χ1v) is 7.47. The minimum absolute atomic E-state index is 0.349. The van der Waals surface area contributed by atoms with Crippen LogP contribution in [0.15, 0.2) is 60.7 Å². The van der Waals surface area contributed by atoms with Gasteiger partial charge in [-0.2, -0.15) is 5.10 Å². The summed E-state index contributed by atoms with van der Waals surface area (Å²) in [5, 5.41) is 15.0. The highest BCUT2D eigenvalue weighted by atomic mass is 16.5. The number of aliphatic hydroxyl groups is 1. The molecule has 0 saturated carbocycles. The summed E-state index contributed by atoms with van der Waals surface area (Å²) >= 11 is 0. The van der Waals surface area contributed by atoms with Crippen molar-refractivity contribution in [2.75, 3.05) is 7.11 Å². The van der Waals surface area contributed by atoms with Gasteiger partial charge in [0.25, 0.3) is 0 Å². The van der Waals surface area contributed by atoms with Gasteiger partial charge in [-0.25, -0.2) is 9.67 Å². The van der Waals surface area contributed by atoms with Crippen LogP contribution in [-0.4, -0.2) is 27.0 Å². The van der Waals surface area contributed by atoms with E-state index < -0.39 is 6.10 Å². The van der Waals surface area contributed by atoms with Crippen molar-refractivity contribution in [1.29, 1.82) is 0 Å². The Morgan fingerprint density at radius 2 is 1.70 bits per heavy atom. The van der Waals surface area contributed by atoms with Gasteiger partial charge in [-0.3, -0.25) is 0 Å². The standard InChI is InChI=1S/C18H19N3O2/c1-23-13-16-19-18(17(22)15-10-6-3-7-11-15)20-21(16)12-14-8-4-2-5-9-14/h2-11,17,22H,12-13H2,1H3/t17-/m0/s1. The number of aliphatic hydroxyl groups excluding tert-OH is 1. The van der Waals surface area contributed by atoms with E-state index in [9.17, 15) is 5.11 Å². The average molecular weight is 309 g/mol. The highest BCUT2D eigenvalue weighted by molar-refractivity contribution is 5.23. The summed E-state index contributed by atoms with van der Waals surface area (Å²) in [4.78, 5) is 4.45. The molecule has 0 fully saturated rings. The molecule has 1 aromatic heterocycles. The minimum Gasteiger partial charge on any atom is -0.380 e. The molecule has 0 aliphatic rings. The van der Waals surface area contributed by atoms with Gasteiger partial charge in [-0.05, 0) is 11.1 Å². The van der Waals surface area contributed by atoms with E-state index in [2.05, 4.69) is 10.1 Å². The van der Waals surface area contributed by atoms with E-state index in [1.807, 2.05) is 60.7 Å². The lowest BCUT2D eigenvalue weighted by atomic mass is 10.1. The van der Waals surface area contributed by atoms with Crippen molar-refractivity contribution in [3.05, 3.63) is 83.4 Å². The Morgan fingerprint density at radius 3 is 2.35 bits per heavy atom. The maximum atomic E-state index is 10.5. The molecule has 0 bridgehead atoms. The molecule has 1 N–H and O–H groups in total. The first kappa shape index (κ1) is 15.4. The minimum atomic E-state index is -0.844. The second-order valence-corrected chi connectivity index (χ2v) is 5.28. The average Bonchev–Trinajstić information content (AvgIpc) is 2.99. The molecule has 5 nitrogen and oxygen atoms in total. The molecule has 1 atom stereocenters. The Balaban J connectivity index is 1.89. The number of ether oxygens (including phenoxy) is 1. The molecular weight excluding hydrogens is 290 g/mol. The molecular formula is C18H19N3O2. The summed E-state index contributed by atoms with van der Waals surface area (Å²) < 4.78 is 6.98. The van der Waals surface area contributed by atoms with Gasteiger partial charge in [-0.15, -0.1) is 0 Å². The Labute approximate surface area is 135 Å². The summed E-state index contributed by atoms with van der Waals surface area (Å²) in [6.45, 7) is 0.940. The van der Waals surface area contributed by atoms with E-state index in [0.29, 0.717) is 24.8 Å². The van der Waals surface area contributed by atoms with Crippen LogP contribution in [0.5, 0.6) is 0 Å². The van der Waals surface area contributed by atoms with Crippen LogP contribution in [0.3, 0.4) is 0 Å². The van der Waals surface area contributed by atoms with Crippen LogP contribution in [0.4, 0.5) is 0 Å². The highest BCUT2D eigenvalue weighted by Crippen LogP contribution is 2.19. The van der Waals surface area contributed by atoms with Gasteiger partial charge < -0.3 is 9.84 Å². The second-order valence-electron chi connectivity index (χ2n) is 5.28. The van der Waals surface area contributed by atoms with Gasteiger partial charge in [0.2, 0.25) is 0 Å². The molecule has 5 heteroatoms. The normalized spacial score (nSPS) is 12.3.